The number of carbonyl (C=O) groups excluding carboxylic acids is 1. The highest BCUT2D eigenvalue weighted by atomic mass is 32.2. The molecule has 0 amide bonds. The average molecular weight is 388 g/mol. The van der Waals surface area contributed by atoms with Gasteiger partial charge in [-0.05, 0) is 12.1 Å². The topological polar surface area (TPSA) is 85.2 Å². The zero-order chi connectivity index (χ0) is 18.5. The Morgan fingerprint density at radius 1 is 1.23 bits per heavy atom. The van der Waals surface area contributed by atoms with Gasteiger partial charge in [-0.25, -0.2) is 13.4 Å². The highest BCUT2D eigenvalue weighted by Gasteiger charge is 2.25. The second-order valence-corrected chi connectivity index (χ2v) is 9.26. The SMILES string of the molecule is Cn1ncc2c1CN(c1ncc(C(=O)c3cccc(S(C)(=O)=O)c3)s1)C2. The van der Waals surface area contributed by atoms with Gasteiger partial charge < -0.3 is 4.90 Å². The molecule has 1 aromatic carbocycles. The maximum absolute atomic E-state index is 12.7. The molecule has 0 atom stereocenters. The third kappa shape index (κ3) is 2.93. The quantitative estimate of drug-likeness (QED) is 0.636. The first-order valence-corrected chi connectivity index (χ1v) is 10.6. The van der Waals surface area contributed by atoms with Crippen molar-refractivity contribution < 1.29 is 13.2 Å². The number of hydrogen-bond acceptors (Lipinski definition) is 7. The molecule has 3 aromatic rings. The monoisotopic (exact) mass is 388 g/mol. The lowest BCUT2D eigenvalue weighted by atomic mass is 10.1. The van der Waals surface area contributed by atoms with E-state index in [1.54, 1.807) is 18.3 Å². The molecule has 0 saturated carbocycles. The summed E-state index contributed by atoms with van der Waals surface area (Å²) in [6.45, 7) is 1.42. The Bertz CT molecular complexity index is 1110. The summed E-state index contributed by atoms with van der Waals surface area (Å²) in [4.78, 5) is 19.8. The number of thiazole rings is 1. The van der Waals surface area contributed by atoms with Gasteiger partial charge in [0.15, 0.2) is 15.0 Å². The predicted molar refractivity (Wildman–Crippen MR) is 98.2 cm³/mol. The zero-order valence-corrected chi connectivity index (χ0v) is 15.8. The van der Waals surface area contributed by atoms with Gasteiger partial charge in [0.05, 0.1) is 34.4 Å². The number of ketones is 1. The minimum absolute atomic E-state index is 0.135. The number of benzene rings is 1. The van der Waals surface area contributed by atoms with Gasteiger partial charge in [-0.2, -0.15) is 5.10 Å². The van der Waals surface area contributed by atoms with E-state index in [4.69, 9.17) is 0 Å². The molecule has 0 radical (unpaired) electrons. The van der Waals surface area contributed by atoms with Crippen LogP contribution < -0.4 is 4.90 Å². The lowest BCUT2D eigenvalue weighted by molar-refractivity contribution is 0.104. The fourth-order valence-electron chi connectivity index (χ4n) is 2.95. The molecule has 0 fully saturated rings. The third-order valence-electron chi connectivity index (χ3n) is 4.36. The van der Waals surface area contributed by atoms with Crippen LogP contribution in [0.2, 0.25) is 0 Å². The molecule has 0 saturated heterocycles. The molecule has 1 aliphatic heterocycles. The number of rotatable bonds is 4. The van der Waals surface area contributed by atoms with Crippen LogP contribution in [0.15, 0.2) is 41.6 Å². The molecular formula is C17H16N4O3S2. The molecule has 2 aromatic heterocycles. The number of carbonyl (C=O) groups is 1. The van der Waals surface area contributed by atoms with Crippen LogP contribution in [0.25, 0.3) is 0 Å². The molecule has 0 unspecified atom stereocenters. The van der Waals surface area contributed by atoms with Gasteiger partial charge in [0.25, 0.3) is 0 Å². The van der Waals surface area contributed by atoms with Gasteiger partial charge in [-0.3, -0.25) is 9.48 Å². The van der Waals surface area contributed by atoms with Crippen LogP contribution in [0.5, 0.6) is 0 Å². The Hall–Kier alpha value is -2.52. The van der Waals surface area contributed by atoms with Crippen LogP contribution in [-0.4, -0.2) is 35.2 Å². The first-order valence-electron chi connectivity index (χ1n) is 7.88. The molecule has 0 aliphatic carbocycles. The van der Waals surface area contributed by atoms with Crippen LogP contribution in [-0.2, 0) is 30.0 Å². The van der Waals surface area contributed by atoms with E-state index in [0.29, 0.717) is 23.5 Å². The largest absolute Gasteiger partial charge is 0.338 e. The maximum Gasteiger partial charge on any atom is 0.204 e. The number of hydrogen-bond donors (Lipinski definition) is 0. The van der Waals surface area contributed by atoms with Crippen LogP contribution in [0.1, 0.15) is 26.5 Å². The summed E-state index contributed by atoms with van der Waals surface area (Å²) in [5.41, 5.74) is 2.65. The second-order valence-electron chi connectivity index (χ2n) is 6.23. The average Bonchev–Trinajstić information content (AvgIpc) is 3.31. The normalized spacial score (nSPS) is 13.8. The summed E-state index contributed by atoms with van der Waals surface area (Å²) < 4.78 is 25.2. The van der Waals surface area contributed by atoms with Crippen LogP contribution >= 0.6 is 11.3 Å². The van der Waals surface area contributed by atoms with Crippen LogP contribution in [0.4, 0.5) is 5.13 Å². The lowest BCUT2D eigenvalue weighted by Gasteiger charge is -2.13. The van der Waals surface area contributed by atoms with Crippen LogP contribution in [0, 0.1) is 0 Å². The van der Waals surface area contributed by atoms with Gasteiger partial charge >= 0.3 is 0 Å². The van der Waals surface area contributed by atoms with Crippen molar-refractivity contribution >= 4 is 32.1 Å². The van der Waals surface area contributed by atoms with Gasteiger partial charge in [0, 0.05) is 31.0 Å². The molecule has 0 bridgehead atoms. The predicted octanol–water partition coefficient (Wildman–Crippen LogP) is 2.03. The highest BCUT2D eigenvalue weighted by molar-refractivity contribution is 7.90. The van der Waals surface area contributed by atoms with E-state index in [9.17, 15) is 13.2 Å². The van der Waals surface area contributed by atoms with Crippen molar-refractivity contribution in [2.24, 2.45) is 7.05 Å². The van der Waals surface area contributed by atoms with E-state index < -0.39 is 9.84 Å². The third-order valence-corrected chi connectivity index (χ3v) is 6.53. The van der Waals surface area contributed by atoms with Gasteiger partial charge in [-0.1, -0.05) is 23.5 Å². The lowest BCUT2D eigenvalue weighted by Crippen LogP contribution is -2.15. The number of aryl methyl sites for hydroxylation is 1. The Morgan fingerprint density at radius 3 is 2.77 bits per heavy atom. The van der Waals surface area contributed by atoms with Gasteiger partial charge in [0.2, 0.25) is 5.78 Å². The van der Waals surface area contributed by atoms with Crippen LogP contribution in [0.3, 0.4) is 0 Å². The molecule has 7 nitrogen and oxygen atoms in total. The standard InChI is InChI=1S/C17H16N4O3S2/c1-20-14-10-21(9-12(14)7-19-20)17-18-8-15(25-17)16(22)11-4-3-5-13(6-11)26(2,23)24/h3-8H,9-10H2,1-2H3. The molecule has 26 heavy (non-hydrogen) atoms. The summed E-state index contributed by atoms with van der Waals surface area (Å²) >= 11 is 1.31. The molecule has 1 aliphatic rings. The molecule has 9 heteroatoms. The molecule has 0 spiro atoms. The Kier molecular flexibility index (Phi) is 3.92. The molecule has 4 rings (SSSR count). The van der Waals surface area contributed by atoms with E-state index in [1.165, 1.54) is 23.5 Å². The van der Waals surface area contributed by atoms with Crippen molar-refractivity contribution in [2.45, 2.75) is 18.0 Å². The molecular weight excluding hydrogens is 372 g/mol. The Balaban J connectivity index is 1.58. The maximum atomic E-state index is 12.7. The smallest absolute Gasteiger partial charge is 0.204 e. The van der Waals surface area contributed by atoms with Crippen molar-refractivity contribution in [1.82, 2.24) is 14.8 Å². The molecule has 0 N–H and O–H groups in total. The number of anilines is 1. The zero-order valence-electron chi connectivity index (χ0n) is 14.2. The van der Waals surface area contributed by atoms with Gasteiger partial charge in [-0.15, -0.1) is 0 Å². The second kappa shape index (κ2) is 6.03. The highest BCUT2D eigenvalue weighted by Crippen LogP contribution is 2.32. The summed E-state index contributed by atoms with van der Waals surface area (Å²) in [6, 6.07) is 6.09. The van der Waals surface area contributed by atoms with E-state index in [2.05, 4.69) is 15.0 Å². The first-order chi connectivity index (χ1) is 12.3. The number of nitrogens with zero attached hydrogens (tertiary/aromatic N) is 4. The van der Waals surface area contributed by atoms with Crippen molar-refractivity contribution in [1.29, 1.82) is 0 Å². The first kappa shape index (κ1) is 16.9. The number of aromatic nitrogens is 3. The van der Waals surface area contributed by atoms with Crippen molar-refractivity contribution in [2.75, 3.05) is 11.2 Å². The summed E-state index contributed by atoms with van der Waals surface area (Å²) in [6.07, 6.45) is 4.53. The minimum atomic E-state index is -3.36. The number of fused-ring (bicyclic) bond motifs is 1. The minimum Gasteiger partial charge on any atom is -0.338 e. The Labute approximate surface area is 154 Å². The van der Waals surface area contributed by atoms with E-state index in [0.717, 1.165) is 22.6 Å². The van der Waals surface area contributed by atoms with Crippen molar-refractivity contribution in [3.05, 3.63) is 58.4 Å². The molecule has 3 heterocycles. The van der Waals surface area contributed by atoms with Gasteiger partial charge in [0.1, 0.15) is 0 Å². The van der Waals surface area contributed by atoms with E-state index in [-0.39, 0.29) is 10.7 Å². The van der Waals surface area contributed by atoms with Crippen molar-refractivity contribution in [3.8, 4) is 0 Å². The summed E-state index contributed by atoms with van der Waals surface area (Å²) in [5, 5.41) is 5.00. The fraction of sp³-hybridized carbons (Fsp3) is 0.235. The van der Waals surface area contributed by atoms with Crippen molar-refractivity contribution in [3.63, 3.8) is 0 Å². The summed E-state index contributed by atoms with van der Waals surface area (Å²) in [7, 11) is -1.45. The Morgan fingerprint density at radius 2 is 2.04 bits per heavy atom. The number of sulfone groups is 1. The van der Waals surface area contributed by atoms with E-state index in [1.807, 2.05) is 17.9 Å². The summed E-state index contributed by atoms with van der Waals surface area (Å²) in [5.74, 6) is -0.224. The molecule has 134 valence electrons. The van der Waals surface area contributed by atoms with E-state index >= 15 is 0 Å². The fourth-order valence-corrected chi connectivity index (χ4v) is 4.49.